The van der Waals surface area contributed by atoms with E-state index in [0.717, 1.165) is 101 Å². The van der Waals surface area contributed by atoms with Crippen LogP contribution in [0.2, 0.25) is 0 Å². The summed E-state index contributed by atoms with van der Waals surface area (Å²) in [7, 11) is 0. The number of hydrogen-bond acceptors (Lipinski definition) is 5. The molecule has 0 radical (unpaired) electrons. The van der Waals surface area contributed by atoms with Crippen LogP contribution in [0.1, 0.15) is 0 Å². The van der Waals surface area contributed by atoms with Gasteiger partial charge in [0.25, 0.3) is 0 Å². The molecule has 2 aliphatic rings. The Morgan fingerprint density at radius 3 is 0.972 bits per heavy atom. The molecule has 0 amide bonds. The minimum absolute atomic E-state index is 0.660. The Morgan fingerprint density at radius 2 is 0.538 bits per heavy atom. The predicted octanol–water partition coefficient (Wildman–Crippen LogP) is 25.5. The lowest BCUT2D eigenvalue weighted by Crippen LogP contribution is -1.97. The van der Waals surface area contributed by atoms with Crippen molar-refractivity contribution in [3.05, 3.63) is 358 Å². The third-order valence-corrected chi connectivity index (χ3v) is 21.9. The molecule has 5 heterocycles. The van der Waals surface area contributed by atoms with Crippen LogP contribution in [0.25, 0.3) is 222 Å². The maximum Gasteiger partial charge on any atom is 0.160 e. The topological polar surface area (TPSA) is 74.3 Å². The number of benzene rings is 15. The van der Waals surface area contributed by atoms with Gasteiger partial charge in [-0.2, -0.15) is 0 Å². The zero-order valence-corrected chi connectivity index (χ0v) is 57.2. The molecule has 7 heteroatoms. The largest absolute Gasteiger partial charge is 0.309 e. The predicted molar refractivity (Wildman–Crippen MR) is 437 cm³/mol. The lowest BCUT2D eigenvalue weighted by Gasteiger charge is -2.12. The van der Waals surface area contributed by atoms with Crippen molar-refractivity contribution in [2.24, 2.45) is 0 Å². The summed E-state index contributed by atoms with van der Waals surface area (Å²) in [6.07, 6.45) is 1.96. The molecule has 2 aliphatic carbocycles. The Labute approximate surface area is 610 Å². The number of hydrogen-bond donors (Lipinski definition) is 0. The summed E-state index contributed by atoms with van der Waals surface area (Å²) in [6, 6.07) is 126. The maximum absolute atomic E-state index is 5.28. The standard InChI is InChI=1S/C99H59N7/c1-3-15-63(16-4-1)84-57-86(66-43-48-73(49-44-66)105-88-29-9-7-23-79(88)96-90(105)55-52-77-75-25-11-19-68-21-13-27-81(92(68)75)94(77)96)104-99(101-84)71-41-35-62(36-42-71)72-47-54-83(100-59-72)64-37-31-60(32-38-64)61-33-39-65(40-34-61)85-58-87(103-98(102-85)70-17-5-2-6-18-70)67-45-50-74(51-46-67)106-89-30-10-8-24-80(89)97-91(106)56-53-78-76-26-12-20-69-22-14-28-82(93(69)76)95(78)97/h1-59H. The first-order valence-electron chi connectivity index (χ1n) is 36.1. The van der Waals surface area contributed by atoms with Gasteiger partial charge in [-0.25, -0.2) is 19.9 Å². The monoisotopic (exact) mass is 1350 g/mol. The van der Waals surface area contributed by atoms with Crippen molar-refractivity contribution < 1.29 is 0 Å². The van der Waals surface area contributed by atoms with Gasteiger partial charge in [0.05, 0.1) is 50.5 Å². The normalized spacial score (nSPS) is 12.0. The van der Waals surface area contributed by atoms with Gasteiger partial charge in [0.1, 0.15) is 0 Å². The molecule has 0 N–H and O–H groups in total. The molecule has 0 saturated carbocycles. The first-order valence-corrected chi connectivity index (χ1v) is 36.1. The fourth-order valence-corrected chi connectivity index (χ4v) is 17.0. The summed E-state index contributed by atoms with van der Waals surface area (Å²) in [5, 5.41) is 10.3. The van der Waals surface area contributed by atoms with E-state index in [1.54, 1.807) is 0 Å². The molecule has 0 spiro atoms. The van der Waals surface area contributed by atoms with Gasteiger partial charge in [0.15, 0.2) is 11.6 Å². The smallest absolute Gasteiger partial charge is 0.160 e. The van der Waals surface area contributed by atoms with Crippen LogP contribution in [0.3, 0.4) is 0 Å². The van der Waals surface area contributed by atoms with Crippen molar-refractivity contribution in [3.63, 3.8) is 0 Å². The second-order valence-corrected chi connectivity index (χ2v) is 27.8. The van der Waals surface area contributed by atoms with E-state index >= 15 is 0 Å². The summed E-state index contributed by atoms with van der Waals surface area (Å²) in [5.74, 6) is 1.34. The quantitative estimate of drug-likeness (QED) is 0.129. The number of rotatable bonds is 11. The highest BCUT2D eigenvalue weighted by Crippen LogP contribution is 2.54. The second kappa shape index (κ2) is 23.7. The molecule has 0 atom stereocenters. The Kier molecular flexibility index (Phi) is 13.3. The van der Waals surface area contributed by atoms with Crippen LogP contribution in [0.4, 0.5) is 0 Å². The summed E-state index contributed by atoms with van der Waals surface area (Å²) < 4.78 is 4.83. The SMILES string of the molecule is c1ccc(-c2cc(-c3ccc(-n4c5ccccc5c5c6c(ccc54)-c4cccc5cccc-6c45)cc3)nc(-c3ccc(-c4ccc(-c5ccc(-c6ccc(-c7cc(-c8ccc(-n9c%10ccccc%10c%10c%11c(ccc%109)-c9cccc%10cccc-%11c9%10)cc8)nc(-c8ccccc8)n7)cc6)cc5)nc4)cc3)n2)cc1. The summed E-state index contributed by atoms with van der Waals surface area (Å²) in [5.41, 5.74) is 33.0. The van der Waals surface area contributed by atoms with Crippen LogP contribution >= 0.6 is 0 Å². The lowest BCUT2D eigenvalue weighted by atomic mass is 9.98. The Balaban J connectivity index is 0.516. The van der Waals surface area contributed by atoms with Crippen molar-refractivity contribution in [1.29, 1.82) is 0 Å². The molecule has 5 aromatic heterocycles. The molecule has 22 rings (SSSR count). The first-order chi connectivity index (χ1) is 52.5. The molecule has 0 bridgehead atoms. The number of fused-ring (bicyclic) bond motifs is 14. The molecule has 0 fully saturated rings. The van der Waals surface area contributed by atoms with E-state index < -0.39 is 0 Å². The summed E-state index contributed by atoms with van der Waals surface area (Å²) in [6.45, 7) is 0. The Bertz CT molecular complexity index is 6550. The van der Waals surface area contributed by atoms with E-state index in [1.807, 2.05) is 30.5 Å². The third-order valence-electron chi connectivity index (χ3n) is 21.9. The number of pyridine rings is 1. The van der Waals surface area contributed by atoms with Crippen LogP contribution < -0.4 is 0 Å². The highest BCUT2D eigenvalue weighted by atomic mass is 15.0. The molecule has 106 heavy (non-hydrogen) atoms. The molecule has 7 nitrogen and oxygen atoms in total. The fourth-order valence-electron chi connectivity index (χ4n) is 17.0. The van der Waals surface area contributed by atoms with E-state index in [2.05, 4.69) is 337 Å². The van der Waals surface area contributed by atoms with Crippen LogP contribution in [0, 0.1) is 0 Å². The second-order valence-electron chi connectivity index (χ2n) is 27.8. The molecule has 20 aromatic rings. The van der Waals surface area contributed by atoms with E-state index in [1.165, 1.54) is 110 Å². The highest BCUT2D eigenvalue weighted by molar-refractivity contribution is 6.28. The van der Waals surface area contributed by atoms with Crippen LogP contribution in [-0.2, 0) is 0 Å². The van der Waals surface area contributed by atoms with Crippen molar-refractivity contribution >= 4 is 65.2 Å². The molecule has 0 saturated heterocycles. The average molecular weight is 1350 g/mol. The van der Waals surface area contributed by atoms with Gasteiger partial charge >= 0.3 is 0 Å². The summed E-state index contributed by atoms with van der Waals surface area (Å²) >= 11 is 0. The van der Waals surface area contributed by atoms with Crippen LogP contribution in [0.5, 0.6) is 0 Å². The van der Waals surface area contributed by atoms with Gasteiger partial charge in [-0.1, -0.05) is 285 Å². The van der Waals surface area contributed by atoms with Gasteiger partial charge in [0.2, 0.25) is 0 Å². The van der Waals surface area contributed by atoms with E-state index in [0.29, 0.717) is 11.6 Å². The minimum atomic E-state index is 0.660. The van der Waals surface area contributed by atoms with Gasteiger partial charge < -0.3 is 9.13 Å². The van der Waals surface area contributed by atoms with Crippen LogP contribution in [0.15, 0.2) is 358 Å². The minimum Gasteiger partial charge on any atom is -0.309 e. The van der Waals surface area contributed by atoms with E-state index in [9.17, 15) is 0 Å². The van der Waals surface area contributed by atoms with Crippen molar-refractivity contribution in [3.8, 4) is 157 Å². The Morgan fingerprint density at radius 1 is 0.198 bits per heavy atom. The van der Waals surface area contributed by atoms with E-state index in [4.69, 9.17) is 24.9 Å². The van der Waals surface area contributed by atoms with Crippen molar-refractivity contribution in [2.75, 3.05) is 0 Å². The van der Waals surface area contributed by atoms with E-state index in [-0.39, 0.29) is 0 Å². The fraction of sp³-hybridized carbons (Fsp3) is 0. The van der Waals surface area contributed by atoms with Gasteiger partial charge in [-0.15, -0.1) is 0 Å². The third kappa shape index (κ3) is 9.43. The zero-order chi connectivity index (χ0) is 69.5. The average Bonchev–Trinajstić information content (AvgIpc) is 1.55. The molecule has 15 aromatic carbocycles. The first kappa shape index (κ1) is 59.4. The molecule has 0 aliphatic heterocycles. The number of para-hydroxylation sites is 2. The zero-order valence-electron chi connectivity index (χ0n) is 57.2. The number of nitrogens with zero attached hydrogens (tertiary/aromatic N) is 7. The molecule has 490 valence electrons. The molecule has 0 unspecified atom stereocenters. The lowest BCUT2D eigenvalue weighted by molar-refractivity contribution is 1.17. The summed E-state index contributed by atoms with van der Waals surface area (Å²) in [4.78, 5) is 25.9. The van der Waals surface area contributed by atoms with Crippen molar-refractivity contribution in [2.45, 2.75) is 0 Å². The molecular weight excluding hydrogens is 1290 g/mol. The van der Waals surface area contributed by atoms with Crippen molar-refractivity contribution in [1.82, 2.24) is 34.1 Å². The number of aromatic nitrogens is 7. The van der Waals surface area contributed by atoms with Gasteiger partial charge in [-0.05, 0) is 138 Å². The van der Waals surface area contributed by atoms with Crippen LogP contribution in [-0.4, -0.2) is 34.1 Å². The highest BCUT2D eigenvalue weighted by Gasteiger charge is 2.29. The molecular formula is C99H59N7. The van der Waals surface area contributed by atoms with Gasteiger partial charge in [-0.3, -0.25) is 4.98 Å². The maximum atomic E-state index is 5.28. The van der Waals surface area contributed by atoms with Gasteiger partial charge in [0, 0.05) is 94.8 Å². The Hall–Kier alpha value is -14.3.